The highest BCUT2D eigenvalue weighted by atomic mass is 32.2. The molecule has 0 radical (unpaired) electrons. The third kappa shape index (κ3) is 3.36. The lowest BCUT2D eigenvalue weighted by Crippen LogP contribution is -2.47. The van der Waals surface area contributed by atoms with E-state index in [2.05, 4.69) is 22.4 Å². The zero-order valence-electron chi connectivity index (χ0n) is 12.6. The average Bonchev–Trinajstić information content (AvgIpc) is 3.17. The topological polar surface area (TPSA) is 61.0 Å². The number of amides is 2. The van der Waals surface area contributed by atoms with Gasteiger partial charge in [-0.2, -0.15) is 16.9 Å². The second-order valence-electron chi connectivity index (χ2n) is 6.30. The van der Waals surface area contributed by atoms with Crippen molar-refractivity contribution < 1.29 is 4.79 Å². The van der Waals surface area contributed by atoms with Gasteiger partial charge in [-0.05, 0) is 44.8 Å². The maximum absolute atomic E-state index is 12.6. The van der Waals surface area contributed by atoms with E-state index in [0.717, 1.165) is 31.5 Å². The first-order chi connectivity index (χ1) is 10.2. The lowest BCUT2D eigenvalue weighted by molar-refractivity contribution is 0.151. The Morgan fingerprint density at radius 3 is 3.19 bits per heavy atom. The van der Waals surface area contributed by atoms with Gasteiger partial charge in [0.2, 0.25) is 0 Å². The molecule has 2 saturated heterocycles. The fourth-order valence-corrected chi connectivity index (χ4v) is 4.55. The smallest absolute Gasteiger partial charge is 0.317 e. The van der Waals surface area contributed by atoms with Crippen molar-refractivity contribution in [3.8, 4) is 0 Å². The second kappa shape index (κ2) is 6.30. The standard InChI is InChI=1S/C15H24N4OS/c1-15(6-4-8-21-15)11-16-14(20)19-7-3-2-5-13(19)12-9-17-18-10-12/h9-10,13H,2-8,11H2,1H3,(H,16,20)(H,17,18)/t13-,15-/m0/s1. The highest BCUT2D eigenvalue weighted by Crippen LogP contribution is 2.37. The number of likely N-dealkylation sites (tertiary alicyclic amines) is 1. The van der Waals surface area contributed by atoms with Crippen molar-refractivity contribution in [2.75, 3.05) is 18.8 Å². The maximum atomic E-state index is 12.6. The van der Waals surface area contributed by atoms with Gasteiger partial charge in [0.25, 0.3) is 0 Å². The predicted molar refractivity (Wildman–Crippen MR) is 85.4 cm³/mol. The van der Waals surface area contributed by atoms with E-state index < -0.39 is 0 Å². The number of urea groups is 1. The van der Waals surface area contributed by atoms with Crippen molar-refractivity contribution >= 4 is 17.8 Å². The van der Waals surface area contributed by atoms with Crippen LogP contribution < -0.4 is 5.32 Å². The second-order valence-corrected chi connectivity index (χ2v) is 7.98. The molecule has 0 spiro atoms. The summed E-state index contributed by atoms with van der Waals surface area (Å²) in [5, 5.41) is 10.0. The summed E-state index contributed by atoms with van der Waals surface area (Å²) in [6, 6.07) is 0.246. The summed E-state index contributed by atoms with van der Waals surface area (Å²) in [6.45, 7) is 3.87. The summed E-state index contributed by atoms with van der Waals surface area (Å²) in [6.07, 6.45) is 9.50. The number of carbonyl (C=O) groups excluding carboxylic acids is 1. The number of aromatic amines is 1. The van der Waals surface area contributed by atoms with E-state index in [-0.39, 0.29) is 16.8 Å². The highest BCUT2D eigenvalue weighted by Gasteiger charge is 2.32. The normalized spacial score (nSPS) is 29.6. The minimum Gasteiger partial charge on any atom is -0.337 e. The van der Waals surface area contributed by atoms with Crippen molar-refractivity contribution in [1.82, 2.24) is 20.4 Å². The van der Waals surface area contributed by atoms with Gasteiger partial charge >= 0.3 is 6.03 Å². The van der Waals surface area contributed by atoms with Crippen LogP contribution in [0.4, 0.5) is 4.79 Å². The Morgan fingerprint density at radius 1 is 1.57 bits per heavy atom. The lowest BCUT2D eigenvalue weighted by atomic mass is 9.98. The van der Waals surface area contributed by atoms with Crippen LogP contribution in [0.15, 0.2) is 12.4 Å². The quantitative estimate of drug-likeness (QED) is 0.902. The van der Waals surface area contributed by atoms with Gasteiger partial charge in [-0.25, -0.2) is 4.79 Å². The molecule has 0 saturated carbocycles. The number of nitrogens with one attached hydrogen (secondary N) is 2. The largest absolute Gasteiger partial charge is 0.337 e. The molecule has 0 aromatic carbocycles. The Morgan fingerprint density at radius 2 is 2.48 bits per heavy atom. The summed E-state index contributed by atoms with van der Waals surface area (Å²) >= 11 is 1.98. The molecule has 0 unspecified atom stereocenters. The van der Waals surface area contributed by atoms with Gasteiger partial charge in [0.1, 0.15) is 0 Å². The number of H-pyrrole nitrogens is 1. The van der Waals surface area contributed by atoms with E-state index in [1.807, 2.05) is 29.1 Å². The van der Waals surface area contributed by atoms with Gasteiger partial charge in [-0.3, -0.25) is 5.10 Å². The van der Waals surface area contributed by atoms with E-state index in [1.54, 1.807) is 0 Å². The fourth-order valence-electron chi connectivity index (χ4n) is 3.30. The van der Waals surface area contributed by atoms with E-state index in [0.29, 0.717) is 0 Å². The Bertz CT molecular complexity index is 470. The first-order valence-electron chi connectivity index (χ1n) is 7.85. The molecule has 1 aromatic heterocycles. The van der Waals surface area contributed by atoms with Gasteiger partial charge in [0.15, 0.2) is 0 Å². The summed E-state index contributed by atoms with van der Waals surface area (Å²) in [4.78, 5) is 14.6. The van der Waals surface area contributed by atoms with Crippen molar-refractivity contribution in [3.05, 3.63) is 18.0 Å². The van der Waals surface area contributed by atoms with Crippen LogP contribution in [0.3, 0.4) is 0 Å². The van der Waals surface area contributed by atoms with Crippen molar-refractivity contribution in [2.24, 2.45) is 0 Å². The molecule has 21 heavy (non-hydrogen) atoms. The molecular weight excluding hydrogens is 284 g/mol. The Labute approximate surface area is 130 Å². The van der Waals surface area contributed by atoms with Crippen LogP contribution >= 0.6 is 11.8 Å². The van der Waals surface area contributed by atoms with Crippen molar-refractivity contribution in [1.29, 1.82) is 0 Å². The van der Waals surface area contributed by atoms with Crippen LogP contribution in [0, 0.1) is 0 Å². The number of nitrogens with zero attached hydrogens (tertiary/aromatic N) is 2. The van der Waals surface area contributed by atoms with Crippen molar-refractivity contribution in [3.63, 3.8) is 0 Å². The highest BCUT2D eigenvalue weighted by molar-refractivity contribution is 8.00. The molecule has 2 amide bonds. The summed E-state index contributed by atoms with van der Waals surface area (Å²) < 4.78 is 0.219. The first kappa shape index (κ1) is 14.8. The maximum Gasteiger partial charge on any atom is 0.317 e. The molecule has 3 heterocycles. The van der Waals surface area contributed by atoms with E-state index >= 15 is 0 Å². The third-order valence-corrected chi connectivity index (χ3v) is 6.12. The molecule has 5 nitrogen and oxygen atoms in total. The van der Waals surface area contributed by atoms with Crippen LogP contribution in [-0.4, -0.2) is 44.7 Å². The fraction of sp³-hybridized carbons (Fsp3) is 0.733. The van der Waals surface area contributed by atoms with Crippen molar-refractivity contribution in [2.45, 2.75) is 49.8 Å². The first-order valence-corrected chi connectivity index (χ1v) is 8.84. The number of hydrogen-bond acceptors (Lipinski definition) is 3. The molecule has 116 valence electrons. The van der Waals surface area contributed by atoms with Crippen LogP contribution in [0.5, 0.6) is 0 Å². The van der Waals surface area contributed by atoms with Crippen LogP contribution in [0.2, 0.25) is 0 Å². The summed E-state index contributed by atoms with van der Waals surface area (Å²) in [7, 11) is 0. The monoisotopic (exact) mass is 308 g/mol. The van der Waals surface area contributed by atoms with Crippen LogP contribution in [0.1, 0.15) is 50.6 Å². The van der Waals surface area contributed by atoms with E-state index in [1.165, 1.54) is 25.0 Å². The number of carbonyl (C=O) groups is 1. The van der Waals surface area contributed by atoms with E-state index in [9.17, 15) is 4.79 Å². The Balaban J connectivity index is 1.61. The number of piperidine rings is 1. The van der Waals surface area contributed by atoms with Gasteiger partial charge in [-0.15, -0.1) is 0 Å². The SMILES string of the molecule is C[C@@]1(CNC(=O)N2CCCC[C@H]2c2cn[nH]c2)CCCS1. The predicted octanol–water partition coefficient (Wildman–Crippen LogP) is 2.93. The molecule has 0 aliphatic carbocycles. The third-order valence-electron chi connectivity index (χ3n) is 4.58. The minimum absolute atomic E-state index is 0.0784. The van der Waals surface area contributed by atoms with Crippen LogP contribution in [0.25, 0.3) is 0 Å². The number of thioether (sulfide) groups is 1. The van der Waals surface area contributed by atoms with Crippen LogP contribution in [-0.2, 0) is 0 Å². The Kier molecular flexibility index (Phi) is 4.42. The molecule has 2 aliphatic heterocycles. The number of hydrogen-bond donors (Lipinski definition) is 2. The van der Waals surface area contributed by atoms with Gasteiger partial charge < -0.3 is 10.2 Å². The van der Waals surface area contributed by atoms with Gasteiger partial charge in [0.05, 0.1) is 12.2 Å². The molecular formula is C15H24N4OS. The average molecular weight is 308 g/mol. The van der Waals surface area contributed by atoms with Gasteiger partial charge in [-0.1, -0.05) is 0 Å². The molecule has 3 rings (SSSR count). The molecule has 1 aromatic rings. The molecule has 2 aliphatic rings. The summed E-state index contributed by atoms with van der Waals surface area (Å²) in [5.74, 6) is 1.22. The molecule has 0 bridgehead atoms. The number of aromatic nitrogens is 2. The zero-order chi connectivity index (χ0) is 14.7. The van der Waals surface area contributed by atoms with E-state index in [4.69, 9.17) is 0 Å². The molecule has 2 N–H and O–H groups in total. The zero-order valence-corrected chi connectivity index (χ0v) is 13.4. The summed E-state index contributed by atoms with van der Waals surface area (Å²) in [5.41, 5.74) is 1.12. The Hall–Kier alpha value is -1.17. The molecule has 2 fully saturated rings. The van der Waals surface area contributed by atoms with Gasteiger partial charge in [0, 0.05) is 29.6 Å². The lowest BCUT2D eigenvalue weighted by Gasteiger charge is -2.36. The number of rotatable bonds is 3. The molecule has 2 atom stereocenters. The molecule has 6 heteroatoms. The minimum atomic E-state index is 0.0784.